The van der Waals surface area contributed by atoms with Crippen LogP contribution in [0.4, 0.5) is 5.69 Å². The summed E-state index contributed by atoms with van der Waals surface area (Å²) in [6, 6.07) is 14.6. The molecule has 4 rings (SSSR count). The van der Waals surface area contributed by atoms with Crippen LogP contribution in [0.3, 0.4) is 0 Å². The predicted molar refractivity (Wildman–Crippen MR) is 113 cm³/mol. The second-order valence-corrected chi connectivity index (χ2v) is 7.91. The third-order valence-corrected chi connectivity index (χ3v) is 5.78. The standard InChI is InChI=1S/C23H21ClN2O4/c1-30-20-8-7-15(24)11-17(20)26-23(29)16-12-21(28)25-18-9-14(10-19(27)22(16)18)13-5-3-2-4-6-13/h2-8,11,14,16H,9-10,12H2,1H3,(H,25,28)(H,26,29). The number of benzene rings is 2. The number of Topliss-reactive ketones (excluding diaryl/α,β-unsaturated/α-hetero) is 1. The maximum absolute atomic E-state index is 13.1. The lowest BCUT2D eigenvalue weighted by Crippen LogP contribution is -2.43. The molecular weight excluding hydrogens is 404 g/mol. The number of carbonyl (C=O) groups is 3. The number of allylic oxidation sites excluding steroid dienone is 1. The van der Waals surface area contributed by atoms with Crippen LogP contribution >= 0.6 is 11.6 Å². The monoisotopic (exact) mass is 424 g/mol. The van der Waals surface area contributed by atoms with Gasteiger partial charge < -0.3 is 15.4 Å². The maximum Gasteiger partial charge on any atom is 0.232 e. The zero-order valence-corrected chi connectivity index (χ0v) is 17.2. The number of nitrogens with one attached hydrogen (secondary N) is 2. The number of hydrogen-bond donors (Lipinski definition) is 2. The van der Waals surface area contributed by atoms with Crippen molar-refractivity contribution in [2.75, 3.05) is 12.4 Å². The first kappa shape index (κ1) is 20.2. The summed E-state index contributed by atoms with van der Waals surface area (Å²) in [5.74, 6) is -1.23. The molecule has 154 valence electrons. The lowest BCUT2D eigenvalue weighted by atomic mass is 9.75. The van der Waals surface area contributed by atoms with Gasteiger partial charge in [-0.05, 0) is 36.1 Å². The van der Waals surface area contributed by atoms with Crippen LogP contribution in [-0.4, -0.2) is 24.7 Å². The molecule has 1 aliphatic carbocycles. The summed E-state index contributed by atoms with van der Waals surface area (Å²) in [7, 11) is 1.49. The Kier molecular flexibility index (Phi) is 5.59. The van der Waals surface area contributed by atoms with Gasteiger partial charge in [-0.15, -0.1) is 0 Å². The number of hydrogen-bond acceptors (Lipinski definition) is 4. The van der Waals surface area contributed by atoms with Crippen LogP contribution in [0.5, 0.6) is 5.75 Å². The van der Waals surface area contributed by atoms with Crippen LogP contribution in [0.1, 0.15) is 30.7 Å². The molecule has 2 atom stereocenters. The SMILES string of the molecule is COc1ccc(Cl)cc1NC(=O)C1CC(=O)NC2=C1C(=O)CC(c1ccccc1)C2. The van der Waals surface area contributed by atoms with Gasteiger partial charge in [-0.1, -0.05) is 41.9 Å². The van der Waals surface area contributed by atoms with E-state index in [9.17, 15) is 14.4 Å². The molecule has 2 N–H and O–H groups in total. The normalized spacial score (nSPS) is 21.0. The third kappa shape index (κ3) is 3.96. The second kappa shape index (κ2) is 8.32. The highest BCUT2D eigenvalue weighted by atomic mass is 35.5. The Morgan fingerprint density at radius 3 is 2.60 bits per heavy atom. The average Bonchev–Trinajstić information content (AvgIpc) is 2.73. The molecular formula is C23H21ClN2O4. The maximum atomic E-state index is 13.1. The summed E-state index contributed by atoms with van der Waals surface area (Å²) in [5, 5.41) is 6.03. The molecule has 0 aromatic heterocycles. The lowest BCUT2D eigenvalue weighted by Gasteiger charge is -2.33. The molecule has 0 radical (unpaired) electrons. The van der Waals surface area contributed by atoms with Crippen LogP contribution in [0.2, 0.25) is 5.02 Å². The molecule has 7 heteroatoms. The lowest BCUT2D eigenvalue weighted by molar-refractivity contribution is -0.129. The highest BCUT2D eigenvalue weighted by Gasteiger charge is 2.40. The number of ketones is 1. The molecule has 1 aliphatic heterocycles. The molecule has 2 aromatic carbocycles. The van der Waals surface area contributed by atoms with Crippen LogP contribution < -0.4 is 15.4 Å². The molecule has 2 aliphatic rings. The van der Waals surface area contributed by atoms with Gasteiger partial charge in [0.15, 0.2) is 5.78 Å². The van der Waals surface area contributed by atoms with Crippen molar-refractivity contribution in [3.63, 3.8) is 0 Å². The summed E-state index contributed by atoms with van der Waals surface area (Å²) >= 11 is 6.04. The van der Waals surface area contributed by atoms with Gasteiger partial charge in [0.05, 0.1) is 18.7 Å². The number of anilines is 1. The van der Waals surface area contributed by atoms with Crippen molar-refractivity contribution >= 4 is 34.9 Å². The highest BCUT2D eigenvalue weighted by Crippen LogP contribution is 2.39. The van der Waals surface area contributed by atoms with Crippen molar-refractivity contribution in [2.45, 2.75) is 25.2 Å². The highest BCUT2D eigenvalue weighted by molar-refractivity contribution is 6.31. The van der Waals surface area contributed by atoms with E-state index < -0.39 is 11.8 Å². The summed E-state index contributed by atoms with van der Waals surface area (Å²) < 4.78 is 5.27. The van der Waals surface area contributed by atoms with Gasteiger partial charge in [0.2, 0.25) is 11.8 Å². The van der Waals surface area contributed by atoms with Gasteiger partial charge in [-0.3, -0.25) is 14.4 Å². The number of methoxy groups -OCH3 is 1. The van der Waals surface area contributed by atoms with Crippen LogP contribution in [0.25, 0.3) is 0 Å². The minimum absolute atomic E-state index is 0.0208. The van der Waals surface area contributed by atoms with Gasteiger partial charge in [-0.2, -0.15) is 0 Å². The molecule has 6 nitrogen and oxygen atoms in total. The van der Waals surface area contributed by atoms with E-state index in [1.54, 1.807) is 18.2 Å². The van der Waals surface area contributed by atoms with E-state index in [1.807, 2.05) is 30.3 Å². The second-order valence-electron chi connectivity index (χ2n) is 7.47. The van der Waals surface area contributed by atoms with Gasteiger partial charge >= 0.3 is 0 Å². The fourth-order valence-corrected chi connectivity index (χ4v) is 4.31. The van der Waals surface area contributed by atoms with Crippen molar-refractivity contribution in [1.82, 2.24) is 5.32 Å². The summed E-state index contributed by atoms with van der Waals surface area (Å²) in [5.41, 5.74) is 2.39. The number of rotatable bonds is 4. The first-order valence-corrected chi connectivity index (χ1v) is 10.1. The van der Waals surface area contributed by atoms with Crippen molar-refractivity contribution in [3.8, 4) is 5.75 Å². The van der Waals surface area contributed by atoms with Crippen molar-refractivity contribution in [1.29, 1.82) is 0 Å². The largest absolute Gasteiger partial charge is 0.495 e. The minimum Gasteiger partial charge on any atom is -0.495 e. The molecule has 2 aromatic rings. The van der Waals surface area contributed by atoms with E-state index in [0.29, 0.717) is 40.6 Å². The fraction of sp³-hybridized carbons (Fsp3) is 0.261. The molecule has 30 heavy (non-hydrogen) atoms. The van der Waals surface area contributed by atoms with E-state index in [-0.39, 0.29) is 24.0 Å². The molecule has 0 saturated carbocycles. The van der Waals surface area contributed by atoms with Crippen molar-refractivity contribution < 1.29 is 19.1 Å². The predicted octanol–water partition coefficient (Wildman–Crippen LogP) is 3.82. The van der Waals surface area contributed by atoms with Crippen molar-refractivity contribution in [3.05, 3.63) is 70.4 Å². The van der Waals surface area contributed by atoms with Crippen molar-refractivity contribution in [2.24, 2.45) is 5.92 Å². The molecule has 0 spiro atoms. The fourth-order valence-electron chi connectivity index (χ4n) is 4.14. The zero-order chi connectivity index (χ0) is 21.3. The van der Waals surface area contributed by atoms with Crippen LogP contribution in [-0.2, 0) is 14.4 Å². The molecule has 1 heterocycles. The van der Waals surface area contributed by atoms with E-state index in [4.69, 9.17) is 16.3 Å². The number of carbonyl (C=O) groups excluding carboxylic acids is 3. The van der Waals surface area contributed by atoms with Gasteiger partial charge in [0.25, 0.3) is 0 Å². The quantitative estimate of drug-likeness (QED) is 0.781. The topological polar surface area (TPSA) is 84.5 Å². The number of ether oxygens (including phenoxy) is 1. The smallest absolute Gasteiger partial charge is 0.232 e. The molecule has 2 unspecified atom stereocenters. The molecule has 0 saturated heterocycles. The van der Waals surface area contributed by atoms with Gasteiger partial charge in [-0.25, -0.2) is 0 Å². The third-order valence-electron chi connectivity index (χ3n) is 5.54. The molecule has 0 bridgehead atoms. The van der Waals surface area contributed by atoms with Crippen LogP contribution in [0.15, 0.2) is 59.8 Å². The van der Waals surface area contributed by atoms with E-state index in [1.165, 1.54) is 7.11 Å². The van der Waals surface area contributed by atoms with E-state index in [2.05, 4.69) is 10.6 Å². The minimum atomic E-state index is -0.846. The first-order chi connectivity index (χ1) is 14.5. The number of halogens is 1. The Hall–Kier alpha value is -3.12. The average molecular weight is 425 g/mol. The summed E-state index contributed by atoms with van der Waals surface area (Å²) in [6.07, 6.45) is 0.749. The number of amides is 2. The van der Waals surface area contributed by atoms with Gasteiger partial charge in [0.1, 0.15) is 5.75 Å². The zero-order valence-electron chi connectivity index (χ0n) is 16.4. The summed E-state index contributed by atoms with van der Waals surface area (Å²) in [6.45, 7) is 0. The van der Waals surface area contributed by atoms with Gasteiger partial charge in [0, 0.05) is 29.1 Å². The molecule has 2 amide bonds. The van der Waals surface area contributed by atoms with Crippen LogP contribution in [0, 0.1) is 5.92 Å². The van der Waals surface area contributed by atoms with E-state index >= 15 is 0 Å². The van der Waals surface area contributed by atoms with E-state index in [0.717, 1.165) is 5.56 Å². The Labute approximate surface area is 179 Å². The Morgan fingerprint density at radius 1 is 1.10 bits per heavy atom. The summed E-state index contributed by atoms with van der Waals surface area (Å²) in [4.78, 5) is 38.4. The molecule has 0 fully saturated rings. The Balaban J connectivity index is 1.63. The first-order valence-electron chi connectivity index (χ1n) is 9.71. The Morgan fingerprint density at radius 2 is 1.87 bits per heavy atom. The Bertz CT molecular complexity index is 1050.